The van der Waals surface area contributed by atoms with Gasteiger partial charge in [-0.05, 0) is 35.8 Å². The second-order valence-electron chi connectivity index (χ2n) is 8.81. The molecule has 0 N–H and O–H groups in total. The van der Waals surface area contributed by atoms with Gasteiger partial charge in [-0.15, -0.1) is 0 Å². The minimum Gasteiger partial charge on any atom is -0.336 e. The molecule has 1 amide bonds. The van der Waals surface area contributed by atoms with E-state index in [1.54, 1.807) is 0 Å². The SMILES string of the molecule is CC(C)c1ccc(CC(=O)N2CCN(CC3CC3)C3CS(=O)(=O)CC32)cc1. The first-order chi connectivity index (χ1) is 12.8. The zero-order chi connectivity index (χ0) is 19.2. The lowest BCUT2D eigenvalue weighted by molar-refractivity contribution is -0.136. The Morgan fingerprint density at radius 3 is 2.37 bits per heavy atom. The highest BCUT2D eigenvalue weighted by molar-refractivity contribution is 7.91. The first kappa shape index (κ1) is 18.9. The van der Waals surface area contributed by atoms with E-state index in [1.165, 1.54) is 18.4 Å². The summed E-state index contributed by atoms with van der Waals surface area (Å²) >= 11 is 0. The molecule has 2 heterocycles. The van der Waals surface area contributed by atoms with Crippen molar-refractivity contribution < 1.29 is 13.2 Å². The van der Waals surface area contributed by atoms with Crippen molar-refractivity contribution in [3.63, 3.8) is 0 Å². The van der Waals surface area contributed by atoms with Crippen LogP contribution in [-0.4, -0.2) is 67.3 Å². The summed E-state index contributed by atoms with van der Waals surface area (Å²) < 4.78 is 24.6. The summed E-state index contributed by atoms with van der Waals surface area (Å²) in [6.07, 6.45) is 2.87. The third kappa shape index (κ3) is 4.21. The lowest BCUT2D eigenvalue weighted by Gasteiger charge is -2.44. The minimum absolute atomic E-state index is 0.0170. The van der Waals surface area contributed by atoms with Crippen LogP contribution in [0.25, 0.3) is 0 Å². The van der Waals surface area contributed by atoms with Crippen LogP contribution >= 0.6 is 0 Å². The van der Waals surface area contributed by atoms with Crippen molar-refractivity contribution in [1.82, 2.24) is 9.80 Å². The van der Waals surface area contributed by atoms with Crippen molar-refractivity contribution in [1.29, 1.82) is 0 Å². The smallest absolute Gasteiger partial charge is 0.227 e. The van der Waals surface area contributed by atoms with Crippen molar-refractivity contribution in [2.75, 3.05) is 31.1 Å². The molecule has 1 aromatic carbocycles. The van der Waals surface area contributed by atoms with Crippen molar-refractivity contribution in [2.24, 2.45) is 5.92 Å². The van der Waals surface area contributed by atoms with Gasteiger partial charge in [-0.3, -0.25) is 9.69 Å². The van der Waals surface area contributed by atoms with Crippen molar-refractivity contribution >= 4 is 15.7 Å². The van der Waals surface area contributed by atoms with Crippen LogP contribution in [0.15, 0.2) is 24.3 Å². The molecule has 27 heavy (non-hydrogen) atoms. The lowest BCUT2D eigenvalue weighted by Crippen LogP contribution is -2.61. The quantitative estimate of drug-likeness (QED) is 0.772. The third-order valence-corrected chi connectivity index (χ3v) is 8.00. The summed E-state index contributed by atoms with van der Waals surface area (Å²) in [5.41, 5.74) is 2.27. The molecule has 1 saturated carbocycles. The number of hydrogen-bond donors (Lipinski definition) is 0. The molecule has 2 unspecified atom stereocenters. The summed E-state index contributed by atoms with van der Waals surface area (Å²) in [5, 5.41) is 0. The molecule has 2 atom stereocenters. The van der Waals surface area contributed by atoms with Gasteiger partial charge in [-0.1, -0.05) is 38.1 Å². The van der Waals surface area contributed by atoms with E-state index in [1.807, 2.05) is 17.0 Å². The van der Waals surface area contributed by atoms with Gasteiger partial charge in [-0.2, -0.15) is 0 Å². The number of nitrogens with zero attached hydrogens (tertiary/aromatic N) is 2. The number of rotatable bonds is 5. The van der Waals surface area contributed by atoms with Gasteiger partial charge in [-0.25, -0.2) is 8.42 Å². The van der Waals surface area contributed by atoms with E-state index in [4.69, 9.17) is 0 Å². The van der Waals surface area contributed by atoms with Gasteiger partial charge in [0.2, 0.25) is 5.91 Å². The fourth-order valence-electron chi connectivity index (χ4n) is 4.49. The molecule has 2 saturated heterocycles. The monoisotopic (exact) mass is 390 g/mol. The van der Waals surface area contributed by atoms with Crippen LogP contribution < -0.4 is 0 Å². The number of amides is 1. The normalized spacial score (nSPS) is 27.7. The van der Waals surface area contributed by atoms with Gasteiger partial charge >= 0.3 is 0 Å². The van der Waals surface area contributed by atoms with E-state index in [-0.39, 0.29) is 29.5 Å². The number of carbonyl (C=O) groups excluding carboxylic acids is 1. The molecule has 6 heteroatoms. The van der Waals surface area contributed by atoms with Crippen molar-refractivity contribution in [2.45, 2.75) is 51.1 Å². The summed E-state index contributed by atoms with van der Waals surface area (Å²) in [5.74, 6) is 1.59. The number of benzene rings is 1. The maximum absolute atomic E-state index is 13.0. The fourth-order valence-corrected chi connectivity index (χ4v) is 6.50. The lowest BCUT2D eigenvalue weighted by atomic mass is 9.99. The molecule has 0 radical (unpaired) electrons. The zero-order valence-electron chi connectivity index (χ0n) is 16.3. The minimum atomic E-state index is -3.07. The van der Waals surface area contributed by atoms with E-state index in [0.29, 0.717) is 18.9 Å². The second-order valence-corrected chi connectivity index (χ2v) is 11.0. The van der Waals surface area contributed by atoms with Crippen LogP contribution in [0, 0.1) is 5.92 Å². The summed E-state index contributed by atoms with van der Waals surface area (Å²) in [4.78, 5) is 17.2. The standard InChI is InChI=1S/C21H30N2O3S/c1-15(2)18-7-5-16(6-8-18)11-21(24)23-10-9-22(12-17-3-4-17)19-13-27(25,26)14-20(19)23/h5-8,15,17,19-20H,3-4,9-14H2,1-2H3. The molecular weight excluding hydrogens is 360 g/mol. The van der Waals surface area contributed by atoms with Crippen LogP contribution in [0.3, 0.4) is 0 Å². The molecule has 0 aromatic heterocycles. The van der Waals surface area contributed by atoms with E-state index < -0.39 is 9.84 Å². The number of hydrogen-bond acceptors (Lipinski definition) is 4. The summed E-state index contributed by atoms with van der Waals surface area (Å²) in [6, 6.07) is 8.04. The van der Waals surface area contributed by atoms with E-state index >= 15 is 0 Å². The molecule has 1 aliphatic carbocycles. The maximum atomic E-state index is 13.0. The molecule has 2 aliphatic heterocycles. The highest BCUT2D eigenvalue weighted by Crippen LogP contribution is 2.34. The Bertz CT molecular complexity index is 799. The largest absolute Gasteiger partial charge is 0.336 e. The molecule has 3 aliphatic rings. The average molecular weight is 391 g/mol. The topological polar surface area (TPSA) is 57.7 Å². The van der Waals surface area contributed by atoms with Crippen LogP contribution in [0.1, 0.15) is 43.7 Å². The molecule has 5 nitrogen and oxygen atoms in total. The molecular formula is C21H30N2O3S. The summed E-state index contributed by atoms with van der Waals surface area (Å²) in [6.45, 7) is 6.75. The number of carbonyl (C=O) groups is 1. The first-order valence-electron chi connectivity index (χ1n) is 10.1. The van der Waals surface area contributed by atoms with E-state index in [2.05, 4.69) is 30.9 Å². The molecule has 0 spiro atoms. The Kier molecular flexibility index (Phi) is 5.06. The van der Waals surface area contributed by atoms with Gasteiger partial charge in [0, 0.05) is 25.7 Å². The maximum Gasteiger partial charge on any atom is 0.227 e. The fraction of sp³-hybridized carbons (Fsp3) is 0.667. The Balaban J connectivity index is 1.46. The van der Waals surface area contributed by atoms with Crippen molar-refractivity contribution in [3.05, 3.63) is 35.4 Å². The Hall–Kier alpha value is -1.40. The van der Waals surface area contributed by atoms with Crippen LogP contribution in [0.4, 0.5) is 0 Å². The zero-order valence-corrected chi connectivity index (χ0v) is 17.1. The number of fused-ring (bicyclic) bond motifs is 1. The van der Waals surface area contributed by atoms with Gasteiger partial charge in [0.15, 0.2) is 9.84 Å². The summed E-state index contributed by atoms with van der Waals surface area (Å²) in [7, 11) is -3.07. The molecule has 0 bridgehead atoms. The second kappa shape index (κ2) is 7.21. The van der Waals surface area contributed by atoms with Crippen LogP contribution in [0.2, 0.25) is 0 Å². The predicted molar refractivity (Wildman–Crippen MR) is 106 cm³/mol. The van der Waals surface area contributed by atoms with Gasteiger partial charge < -0.3 is 4.90 Å². The van der Waals surface area contributed by atoms with Gasteiger partial charge in [0.05, 0.1) is 24.0 Å². The Morgan fingerprint density at radius 2 is 1.74 bits per heavy atom. The van der Waals surface area contributed by atoms with Crippen LogP contribution in [-0.2, 0) is 21.1 Å². The van der Waals surface area contributed by atoms with Crippen LogP contribution in [0.5, 0.6) is 0 Å². The number of sulfone groups is 1. The van der Waals surface area contributed by atoms with Gasteiger partial charge in [0.25, 0.3) is 0 Å². The Morgan fingerprint density at radius 1 is 1.07 bits per heavy atom. The number of piperazine rings is 1. The molecule has 4 rings (SSSR count). The van der Waals surface area contributed by atoms with E-state index in [0.717, 1.165) is 24.6 Å². The molecule has 1 aromatic rings. The average Bonchev–Trinajstić information content (AvgIpc) is 3.35. The Labute approximate surface area is 162 Å². The van der Waals surface area contributed by atoms with Crippen molar-refractivity contribution in [3.8, 4) is 0 Å². The molecule has 148 valence electrons. The third-order valence-electron chi connectivity index (χ3n) is 6.30. The first-order valence-corrected chi connectivity index (χ1v) is 12.0. The highest BCUT2D eigenvalue weighted by Gasteiger charge is 2.48. The van der Waals surface area contributed by atoms with Gasteiger partial charge in [0.1, 0.15) is 0 Å². The van der Waals surface area contributed by atoms with E-state index in [9.17, 15) is 13.2 Å². The predicted octanol–water partition coefficient (Wildman–Crippen LogP) is 2.07. The molecule has 3 fully saturated rings. The highest BCUT2D eigenvalue weighted by atomic mass is 32.2.